The highest BCUT2D eigenvalue weighted by atomic mass is 19.3. The molecule has 1 fully saturated rings. The molecule has 0 spiro atoms. The lowest BCUT2D eigenvalue weighted by Gasteiger charge is -2.36. The lowest BCUT2D eigenvalue weighted by atomic mass is 10.2. The summed E-state index contributed by atoms with van der Waals surface area (Å²) in [6, 6.07) is 7.32. The van der Waals surface area contributed by atoms with Crippen molar-refractivity contribution in [1.82, 2.24) is 19.5 Å². The van der Waals surface area contributed by atoms with E-state index < -0.39 is 18.5 Å². The van der Waals surface area contributed by atoms with Crippen LogP contribution in [-0.4, -0.2) is 52.1 Å². The Kier molecular flexibility index (Phi) is 5.61. The average molecular weight is 414 g/mol. The molecule has 158 valence electrons. The molecule has 1 aliphatic rings. The summed E-state index contributed by atoms with van der Waals surface area (Å²) >= 11 is 0. The third kappa shape index (κ3) is 4.10. The van der Waals surface area contributed by atoms with Crippen molar-refractivity contribution in [3.8, 4) is 0 Å². The van der Waals surface area contributed by atoms with Crippen molar-refractivity contribution in [3.05, 3.63) is 53.0 Å². The molecule has 7 nitrogen and oxygen atoms in total. The first-order chi connectivity index (χ1) is 14.4. The maximum atomic E-state index is 12.6. The van der Waals surface area contributed by atoms with Gasteiger partial charge >= 0.3 is 0 Å². The number of alkyl halides is 2. The van der Waals surface area contributed by atoms with Gasteiger partial charge in [-0.3, -0.25) is 9.36 Å². The van der Waals surface area contributed by atoms with Gasteiger partial charge in [0.05, 0.1) is 23.8 Å². The van der Waals surface area contributed by atoms with E-state index in [4.69, 9.17) is 0 Å². The fraction of sp³-hybridized carbons (Fsp3) is 0.429. The molecule has 0 atom stereocenters. The van der Waals surface area contributed by atoms with E-state index in [1.165, 1.54) is 6.33 Å². The Bertz CT molecular complexity index is 1090. The number of aromatic nitrogens is 4. The maximum absolute atomic E-state index is 12.6. The summed E-state index contributed by atoms with van der Waals surface area (Å²) in [7, 11) is 0. The third-order valence-electron chi connectivity index (χ3n) is 5.29. The fourth-order valence-corrected chi connectivity index (χ4v) is 3.63. The molecule has 2 aromatic heterocycles. The number of nitrogens with zero attached hydrogens (tertiary/aromatic N) is 6. The number of anilines is 2. The van der Waals surface area contributed by atoms with E-state index in [0.717, 1.165) is 48.1 Å². The van der Waals surface area contributed by atoms with E-state index >= 15 is 0 Å². The number of hydrogen-bond donors (Lipinski definition) is 0. The van der Waals surface area contributed by atoms with E-state index in [1.807, 2.05) is 18.2 Å². The van der Waals surface area contributed by atoms with Gasteiger partial charge in [-0.2, -0.15) is 0 Å². The van der Waals surface area contributed by atoms with Crippen LogP contribution < -0.4 is 15.4 Å². The van der Waals surface area contributed by atoms with Crippen LogP contribution in [0.2, 0.25) is 0 Å². The Balaban J connectivity index is 1.49. The number of rotatable bonds is 5. The van der Waals surface area contributed by atoms with Crippen LogP contribution in [0.3, 0.4) is 0 Å². The monoisotopic (exact) mass is 414 g/mol. The minimum atomic E-state index is -2.59. The van der Waals surface area contributed by atoms with Gasteiger partial charge in [-0.05, 0) is 24.3 Å². The Labute approximate surface area is 173 Å². The Morgan fingerprint density at radius 3 is 2.47 bits per heavy atom. The highest BCUT2D eigenvalue weighted by Gasteiger charge is 2.20. The first-order valence-corrected chi connectivity index (χ1v) is 10.0. The number of piperazine rings is 1. The fourth-order valence-electron chi connectivity index (χ4n) is 3.63. The molecule has 0 amide bonds. The van der Waals surface area contributed by atoms with E-state index in [1.54, 1.807) is 12.3 Å². The Hall–Kier alpha value is -3.10. The lowest BCUT2D eigenvalue weighted by Crippen LogP contribution is -2.47. The molecule has 0 aliphatic carbocycles. The second-order valence-corrected chi connectivity index (χ2v) is 7.70. The molecule has 1 aromatic carbocycles. The smallest absolute Gasteiger partial charge is 0.261 e. The summed E-state index contributed by atoms with van der Waals surface area (Å²) in [5.74, 6) is 2.06. The van der Waals surface area contributed by atoms with Crippen molar-refractivity contribution in [1.29, 1.82) is 0 Å². The van der Waals surface area contributed by atoms with Gasteiger partial charge in [0.2, 0.25) is 0 Å². The number of halogens is 2. The van der Waals surface area contributed by atoms with Crippen molar-refractivity contribution < 1.29 is 8.78 Å². The van der Waals surface area contributed by atoms with Gasteiger partial charge in [-0.15, -0.1) is 0 Å². The minimum Gasteiger partial charge on any atom is -0.368 e. The quantitative estimate of drug-likeness (QED) is 0.640. The second-order valence-electron chi connectivity index (χ2n) is 7.70. The van der Waals surface area contributed by atoms with Crippen molar-refractivity contribution in [2.24, 2.45) is 0 Å². The van der Waals surface area contributed by atoms with Crippen LogP contribution >= 0.6 is 0 Å². The molecule has 30 heavy (non-hydrogen) atoms. The van der Waals surface area contributed by atoms with Gasteiger partial charge in [0.15, 0.2) is 0 Å². The third-order valence-corrected chi connectivity index (χ3v) is 5.29. The van der Waals surface area contributed by atoms with Crippen molar-refractivity contribution in [3.63, 3.8) is 0 Å². The van der Waals surface area contributed by atoms with Gasteiger partial charge in [0.1, 0.15) is 11.6 Å². The molecular formula is C21H24F2N6O. The molecule has 1 saturated heterocycles. The van der Waals surface area contributed by atoms with Crippen LogP contribution in [0.25, 0.3) is 10.9 Å². The molecule has 0 bridgehead atoms. The lowest BCUT2D eigenvalue weighted by molar-refractivity contribution is 0.125. The van der Waals surface area contributed by atoms with Crippen LogP contribution in [0, 0.1) is 0 Å². The molecule has 1 aliphatic heterocycles. The van der Waals surface area contributed by atoms with Crippen molar-refractivity contribution >= 4 is 22.4 Å². The van der Waals surface area contributed by atoms with E-state index in [9.17, 15) is 13.6 Å². The van der Waals surface area contributed by atoms with Crippen LogP contribution in [0.15, 0.2) is 41.6 Å². The number of benzene rings is 1. The minimum absolute atomic E-state index is 0.279. The largest absolute Gasteiger partial charge is 0.368 e. The summed E-state index contributed by atoms with van der Waals surface area (Å²) in [5.41, 5.74) is 1.04. The summed E-state index contributed by atoms with van der Waals surface area (Å²) in [6.07, 6.45) is 0.406. The van der Waals surface area contributed by atoms with Gasteiger partial charge in [0.25, 0.3) is 12.0 Å². The summed E-state index contributed by atoms with van der Waals surface area (Å²) in [4.78, 5) is 30.1. The van der Waals surface area contributed by atoms with Crippen LogP contribution in [0.5, 0.6) is 0 Å². The summed E-state index contributed by atoms with van der Waals surface area (Å²) in [5, 5.41) is 0.350. The van der Waals surface area contributed by atoms with Crippen LogP contribution in [0.1, 0.15) is 25.6 Å². The Morgan fingerprint density at radius 1 is 1.03 bits per heavy atom. The molecule has 0 radical (unpaired) electrons. The standard InChI is InChI=1S/C21H24F2N6O/c1-14(2)20-24-6-5-19(26-20)28-9-7-27(8-10-28)15-3-4-16-17(11-15)25-13-29(21(16)30)12-18(22)23/h3-6,11,13-14,18H,7-10,12H2,1-2H3. The average Bonchev–Trinajstić information content (AvgIpc) is 2.75. The van der Waals surface area contributed by atoms with E-state index in [-0.39, 0.29) is 5.92 Å². The zero-order valence-electron chi connectivity index (χ0n) is 17.0. The molecular weight excluding hydrogens is 390 g/mol. The van der Waals surface area contributed by atoms with E-state index in [0.29, 0.717) is 10.9 Å². The van der Waals surface area contributed by atoms with Gasteiger partial charge < -0.3 is 9.80 Å². The van der Waals surface area contributed by atoms with Crippen molar-refractivity contribution in [2.75, 3.05) is 36.0 Å². The van der Waals surface area contributed by atoms with Crippen molar-refractivity contribution in [2.45, 2.75) is 32.7 Å². The number of hydrogen-bond acceptors (Lipinski definition) is 6. The normalized spacial score (nSPS) is 14.9. The topological polar surface area (TPSA) is 67.2 Å². The number of fused-ring (bicyclic) bond motifs is 1. The molecule has 0 saturated carbocycles. The van der Waals surface area contributed by atoms with Crippen LogP contribution in [-0.2, 0) is 6.54 Å². The molecule has 3 heterocycles. The van der Waals surface area contributed by atoms with E-state index in [2.05, 4.69) is 38.6 Å². The van der Waals surface area contributed by atoms with Gasteiger partial charge in [-0.1, -0.05) is 13.8 Å². The first kappa shape index (κ1) is 20.2. The molecule has 9 heteroatoms. The van der Waals surface area contributed by atoms with Gasteiger partial charge in [-0.25, -0.2) is 23.7 Å². The second kappa shape index (κ2) is 8.33. The van der Waals surface area contributed by atoms with Crippen LogP contribution in [0.4, 0.5) is 20.3 Å². The molecule has 3 aromatic rings. The summed E-state index contributed by atoms with van der Waals surface area (Å²) < 4.78 is 26.2. The molecule has 0 unspecified atom stereocenters. The SMILES string of the molecule is CC(C)c1nccc(N2CCN(c3ccc4c(=O)n(CC(F)F)cnc4c3)CC2)n1. The predicted molar refractivity (Wildman–Crippen MR) is 113 cm³/mol. The molecule has 4 rings (SSSR count). The highest BCUT2D eigenvalue weighted by molar-refractivity contribution is 5.81. The predicted octanol–water partition coefficient (Wildman–Crippen LogP) is 2.90. The molecule has 0 N–H and O–H groups in total. The first-order valence-electron chi connectivity index (χ1n) is 10.0. The highest BCUT2D eigenvalue weighted by Crippen LogP contribution is 2.22. The zero-order valence-corrected chi connectivity index (χ0v) is 17.0. The Morgan fingerprint density at radius 2 is 1.77 bits per heavy atom. The summed E-state index contributed by atoms with van der Waals surface area (Å²) in [6.45, 7) is 6.74. The van der Waals surface area contributed by atoms with Gasteiger partial charge in [0, 0.05) is 44.0 Å². The maximum Gasteiger partial charge on any atom is 0.261 e. The zero-order chi connectivity index (χ0) is 21.3.